The zero-order valence-corrected chi connectivity index (χ0v) is 15.1. The number of rotatable bonds is 3. The second kappa shape index (κ2) is 7.85. The molecule has 1 atom stereocenters. The lowest BCUT2D eigenvalue weighted by Crippen LogP contribution is -2.15. The van der Waals surface area contributed by atoms with Crippen LogP contribution in [-0.2, 0) is 6.18 Å². The maximum atomic E-state index is 12.7. The van der Waals surface area contributed by atoms with Crippen LogP contribution in [0.5, 0.6) is 0 Å². The topological polar surface area (TPSA) is 37.8 Å². The first kappa shape index (κ1) is 19.0. The molecule has 0 amide bonds. The molecule has 3 rings (SSSR count). The van der Waals surface area contributed by atoms with Gasteiger partial charge in [-0.1, -0.05) is 35.6 Å². The summed E-state index contributed by atoms with van der Waals surface area (Å²) in [4.78, 5) is 8.47. The van der Waals surface area contributed by atoms with Gasteiger partial charge < -0.3 is 5.32 Å². The standard InChI is InChI=1S/C20H15ClF3N3/c1-13(27-19-16-7-2-3-8-18(16)25-12-26-19)5-4-6-14-9-10-15(11-17(14)21)20(22,23)24/h2-3,7-13H,5H2,1H3,(H,25,26,27). The van der Waals surface area contributed by atoms with Crippen molar-refractivity contribution in [3.63, 3.8) is 0 Å². The fraction of sp³-hybridized carbons (Fsp3) is 0.200. The van der Waals surface area contributed by atoms with E-state index >= 15 is 0 Å². The normalized spacial score (nSPS) is 12.3. The van der Waals surface area contributed by atoms with Gasteiger partial charge in [-0.15, -0.1) is 0 Å². The van der Waals surface area contributed by atoms with Crippen molar-refractivity contribution in [1.82, 2.24) is 9.97 Å². The second-order valence-corrected chi connectivity index (χ2v) is 6.39. The van der Waals surface area contributed by atoms with Gasteiger partial charge in [-0.2, -0.15) is 13.2 Å². The van der Waals surface area contributed by atoms with E-state index in [0.29, 0.717) is 17.8 Å². The number of anilines is 1. The minimum absolute atomic E-state index is 0.0141. The van der Waals surface area contributed by atoms with Crippen molar-refractivity contribution in [3.8, 4) is 11.8 Å². The van der Waals surface area contributed by atoms with Gasteiger partial charge in [0.25, 0.3) is 0 Å². The van der Waals surface area contributed by atoms with E-state index < -0.39 is 11.7 Å². The molecule has 3 aromatic rings. The summed E-state index contributed by atoms with van der Waals surface area (Å²) in [6.07, 6.45) is -2.46. The van der Waals surface area contributed by atoms with Crippen LogP contribution in [0.4, 0.5) is 19.0 Å². The van der Waals surface area contributed by atoms with Gasteiger partial charge in [0.2, 0.25) is 0 Å². The van der Waals surface area contributed by atoms with Crippen LogP contribution < -0.4 is 5.32 Å². The molecule has 27 heavy (non-hydrogen) atoms. The number of hydrogen-bond acceptors (Lipinski definition) is 3. The van der Waals surface area contributed by atoms with Crippen LogP contribution in [0.25, 0.3) is 10.9 Å². The smallest absolute Gasteiger partial charge is 0.366 e. The van der Waals surface area contributed by atoms with E-state index in [0.717, 1.165) is 23.0 Å². The maximum Gasteiger partial charge on any atom is 0.416 e. The van der Waals surface area contributed by atoms with Crippen LogP contribution in [0.2, 0.25) is 5.02 Å². The Hall–Kier alpha value is -2.78. The van der Waals surface area contributed by atoms with Gasteiger partial charge in [-0.25, -0.2) is 9.97 Å². The largest absolute Gasteiger partial charge is 0.416 e. The molecule has 0 radical (unpaired) electrons. The van der Waals surface area contributed by atoms with Crippen LogP contribution >= 0.6 is 11.6 Å². The van der Waals surface area contributed by atoms with Crippen molar-refractivity contribution in [2.75, 3.05) is 5.32 Å². The van der Waals surface area contributed by atoms with Crippen LogP contribution in [0.15, 0.2) is 48.8 Å². The Bertz CT molecular complexity index is 1020. The first-order chi connectivity index (χ1) is 12.8. The summed E-state index contributed by atoms with van der Waals surface area (Å²) in [5, 5.41) is 4.17. The molecule has 0 aliphatic heterocycles. The van der Waals surface area contributed by atoms with Crippen LogP contribution in [0.1, 0.15) is 24.5 Å². The van der Waals surface area contributed by atoms with Crippen LogP contribution in [-0.4, -0.2) is 16.0 Å². The van der Waals surface area contributed by atoms with E-state index in [4.69, 9.17) is 11.6 Å². The minimum atomic E-state index is -4.42. The fourth-order valence-corrected chi connectivity index (χ4v) is 2.72. The van der Waals surface area contributed by atoms with Gasteiger partial charge in [0.05, 0.1) is 16.1 Å². The number of alkyl halides is 3. The predicted octanol–water partition coefficient (Wildman–Crippen LogP) is 5.54. The summed E-state index contributed by atoms with van der Waals surface area (Å²) in [7, 11) is 0. The summed E-state index contributed by atoms with van der Waals surface area (Å²) in [6, 6.07) is 10.8. The molecule has 0 fully saturated rings. The Morgan fingerprint density at radius 1 is 1.15 bits per heavy atom. The highest BCUT2D eigenvalue weighted by Crippen LogP contribution is 2.31. The minimum Gasteiger partial charge on any atom is -0.366 e. The molecule has 0 aliphatic carbocycles. The molecule has 1 aromatic heterocycles. The Morgan fingerprint density at radius 3 is 2.67 bits per heavy atom. The molecular formula is C20H15ClF3N3. The highest BCUT2D eigenvalue weighted by Gasteiger charge is 2.30. The number of hydrogen-bond donors (Lipinski definition) is 1. The maximum absolute atomic E-state index is 12.7. The Kier molecular flexibility index (Phi) is 5.52. The molecule has 1 unspecified atom stereocenters. The zero-order valence-electron chi connectivity index (χ0n) is 14.3. The molecule has 7 heteroatoms. The third-order valence-electron chi connectivity index (χ3n) is 3.85. The van der Waals surface area contributed by atoms with Gasteiger partial charge in [0.15, 0.2) is 0 Å². The monoisotopic (exact) mass is 389 g/mol. The van der Waals surface area contributed by atoms with Crippen molar-refractivity contribution in [2.45, 2.75) is 25.6 Å². The van der Waals surface area contributed by atoms with Gasteiger partial charge >= 0.3 is 6.18 Å². The van der Waals surface area contributed by atoms with Crippen molar-refractivity contribution in [1.29, 1.82) is 0 Å². The third kappa shape index (κ3) is 4.69. The van der Waals surface area contributed by atoms with E-state index in [1.165, 1.54) is 12.4 Å². The second-order valence-electron chi connectivity index (χ2n) is 5.98. The quantitative estimate of drug-likeness (QED) is 0.597. The summed E-state index contributed by atoms with van der Waals surface area (Å²) in [5.74, 6) is 6.48. The SMILES string of the molecule is CC(CC#Cc1ccc(C(F)(F)F)cc1Cl)Nc1ncnc2ccccc12. The number of para-hydroxylation sites is 1. The summed E-state index contributed by atoms with van der Waals surface area (Å²) >= 11 is 5.91. The summed E-state index contributed by atoms with van der Waals surface area (Å²) < 4.78 is 38.0. The van der Waals surface area contributed by atoms with E-state index in [-0.39, 0.29) is 11.1 Å². The lowest BCUT2D eigenvalue weighted by molar-refractivity contribution is -0.137. The third-order valence-corrected chi connectivity index (χ3v) is 4.17. The van der Waals surface area contributed by atoms with Gasteiger partial charge in [-0.3, -0.25) is 0 Å². The number of halogens is 4. The molecule has 3 nitrogen and oxygen atoms in total. The Morgan fingerprint density at radius 2 is 1.93 bits per heavy atom. The van der Waals surface area contributed by atoms with Crippen molar-refractivity contribution in [3.05, 3.63) is 64.9 Å². The molecule has 0 saturated heterocycles. The Balaban J connectivity index is 1.69. The van der Waals surface area contributed by atoms with Crippen molar-refractivity contribution < 1.29 is 13.2 Å². The predicted molar refractivity (Wildman–Crippen MR) is 101 cm³/mol. The lowest BCUT2D eigenvalue weighted by atomic mass is 10.1. The molecule has 2 aromatic carbocycles. The number of aromatic nitrogens is 2. The first-order valence-electron chi connectivity index (χ1n) is 8.16. The van der Waals surface area contributed by atoms with Gasteiger partial charge in [-0.05, 0) is 37.3 Å². The zero-order chi connectivity index (χ0) is 19.4. The van der Waals surface area contributed by atoms with Gasteiger partial charge in [0.1, 0.15) is 12.1 Å². The average molecular weight is 390 g/mol. The number of benzene rings is 2. The number of nitrogens with zero attached hydrogens (tertiary/aromatic N) is 2. The van der Waals surface area contributed by atoms with Gasteiger partial charge in [0, 0.05) is 23.4 Å². The number of nitrogens with one attached hydrogen (secondary N) is 1. The fourth-order valence-electron chi connectivity index (χ4n) is 2.50. The highest BCUT2D eigenvalue weighted by molar-refractivity contribution is 6.31. The average Bonchev–Trinajstić information content (AvgIpc) is 2.62. The lowest BCUT2D eigenvalue weighted by Gasteiger charge is -2.13. The molecule has 0 aliphatic rings. The van der Waals surface area contributed by atoms with Crippen molar-refractivity contribution >= 4 is 28.3 Å². The van der Waals surface area contributed by atoms with E-state index in [1.54, 1.807) is 0 Å². The van der Waals surface area contributed by atoms with Crippen LogP contribution in [0, 0.1) is 11.8 Å². The summed E-state index contributed by atoms with van der Waals surface area (Å²) in [5.41, 5.74) is 0.415. The first-order valence-corrected chi connectivity index (χ1v) is 8.54. The molecule has 0 spiro atoms. The van der Waals surface area contributed by atoms with Crippen molar-refractivity contribution in [2.24, 2.45) is 0 Å². The molecule has 0 bridgehead atoms. The molecule has 0 saturated carbocycles. The highest BCUT2D eigenvalue weighted by atomic mass is 35.5. The summed E-state index contributed by atoms with van der Waals surface area (Å²) in [6.45, 7) is 1.94. The van der Waals surface area contributed by atoms with E-state index in [2.05, 4.69) is 27.1 Å². The number of fused-ring (bicyclic) bond motifs is 1. The molecule has 138 valence electrons. The molecule has 1 heterocycles. The Labute approximate surface area is 159 Å². The van der Waals surface area contributed by atoms with Crippen LogP contribution in [0.3, 0.4) is 0 Å². The molecular weight excluding hydrogens is 375 g/mol. The van der Waals surface area contributed by atoms with E-state index in [9.17, 15) is 13.2 Å². The molecule has 1 N–H and O–H groups in total. The van der Waals surface area contributed by atoms with E-state index in [1.807, 2.05) is 31.2 Å².